The van der Waals surface area contributed by atoms with E-state index < -0.39 is 0 Å². The van der Waals surface area contributed by atoms with E-state index in [0.717, 1.165) is 16.5 Å². The van der Waals surface area contributed by atoms with Gasteiger partial charge in [-0.3, -0.25) is 0 Å². The third-order valence-electron chi connectivity index (χ3n) is 2.58. The summed E-state index contributed by atoms with van der Waals surface area (Å²) in [5, 5.41) is 0.912. The van der Waals surface area contributed by atoms with Crippen LogP contribution in [-0.2, 0) is 7.05 Å². The first kappa shape index (κ1) is 13.4. The Morgan fingerprint density at radius 3 is 2.84 bits per heavy atom. The number of hydrogen-bond donors (Lipinski definition) is 1. The summed E-state index contributed by atoms with van der Waals surface area (Å²) in [7, 11) is 4.52. The number of benzene rings is 1. The van der Waals surface area contributed by atoms with Gasteiger partial charge in [0.1, 0.15) is 17.0 Å². The molecule has 0 amide bonds. The van der Waals surface area contributed by atoms with Crippen LogP contribution < -0.4 is 21.3 Å². The third kappa shape index (κ3) is 3.24. The fourth-order valence-corrected chi connectivity index (χ4v) is 1.96. The molecular formula is C14H16N3OP. The Kier molecular flexibility index (Phi) is 4.03. The van der Waals surface area contributed by atoms with E-state index in [9.17, 15) is 0 Å². The Morgan fingerprint density at radius 2 is 2.16 bits per heavy atom. The largest absolute Gasteiger partial charge is 0.457 e. The minimum atomic E-state index is 0.708. The van der Waals surface area contributed by atoms with Gasteiger partial charge in [0, 0.05) is 36.5 Å². The Hall–Kier alpha value is -2.06. The lowest BCUT2D eigenvalue weighted by Crippen LogP contribution is -2.16. The minimum absolute atomic E-state index is 0.708. The van der Waals surface area contributed by atoms with Crippen molar-refractivity contribution in [2.75, 3.05) is 5.73 Å². The van der Waals surface area contributed by atoms with E-state index in [0.29, 0.717) is 11.4 Å². The minimum Gasteiger partial charge on any atom is -0.457 e. The second kappa shape index (κ2) is 5.72. The van der Waals surface area contributed by atoms with Gasteiger partial charge in [-0.15, -0.1) is 9.24 Å². The summed E-state index contributed by atoms with van der Waals surface area (Å²) in [5.41, 5.74) is 7.19. The van der Waals surface area contributed by atoms with Gasteiger partial charge in [0.15, 0.2) is 0 Å². The number of aryl methyl sites for hydroxylation is 1. The van der Waals surface area contributed by atoms with Gasteiger partial charge in [0.25, 0.3) is 0 Å². The summed E-state index contributed by atoms with van der Waals surface area (Å²) in [5.74, 6) is 1.46. The second-order valence-corrected chi connectivity index (χ2v) is 4.66. The molecule has 2 N–H and O–H groups in total. The van der Waals surface area contributed by atoms with Crippen LogP contribution in [0.3, 0.4) is 0 Å². The highest BCUT2D eigenvalue weighted by molar-refractivity contribution is 7.27. The number of nitrogen functional groups attached to an aromatic ring is 1. The molecule has 0 aliphatic carbocycles. The Morgan fingerprint density at radius 1 is 1.37 bits per heavy atom. The summed E-state index contributed by atoms with van der Waals surface area (Å²) < 4.78 is 7.71. The fraction of sp³-hybridized carbons (Fsp3) is 0.0714. The number of rotatable bonds is 3. The SMILES string of the molecule is C=C/N=c1/cc(Oc2ccc(N)cc2P)ccn1C. The molecule has 0 aliphatic rings. The topological polar surface area (TPSA) is 52.5 Å². The molecule has 19 heavy (non-hydrogen) atoms. The predicted octanol–water partition coefficient (Wildman–Crippen LogP) is 1.94. The zero-order valence-electron chi connectivity index (χ0n) is 10.7. The van der Waals surface area contributed by atoms with E-state index in [1.54, 1.807) is 6.07 Å². The molecule has 0 radical (unpaired) electrons. The maximum atomic E-state index is 5.82. The van der Waals surface area contributed by atoms with E-state index in [4.69, 9.17) is 10.5 Å². The number of anilines is 1. The van der Waals surface area contributed by atoms with Crippen LogP contribution in [0.1, 0.15) is 0 Å². The van der Waals surface area contributed by atoms with Gasteiger partial charge in [0.05, 0.1) is 0 Å². The van der Waals surface area contributed by atoms with Gasteiger partial charge in [-0.1, -0.05) is 6.58 Å². The van der Waals surface area contributed by atoms with Crippen LogP contribution in [0, 0.1) is 0 Å². The summed E-state index contributed by atoms with van der Waals surface area (Å²) in [6, 6.07) is 9.22. The average molecular weight is 273 g/mol. The van der Waals surface area contributed by atoms with Gasteiger partial charge in [0.2, 0.25) is 0 Å². The number of ether oxygens (including phenoxy) is 1. The quantitative estimate of drug-likeness (QED) is 0.686. The summed E-state index contributed by atoms with van der Waals surface area (Å²) in [6.07, 6.45) is 3.39. The number of hydrogen-bond acceptors (Lipinski definition) is 3. The monoisotopic (exact) mass is 273 g/mol. The van der Waals surface area contributed by atoms with Crippen molar-refractivity contribution in [1.82, 2.24) is 4.57 Å². The molecule has 98 valence electrons. The van der Waals surface area contributed by atoms with Crippen LogP contribution in [0.15, 0.2) is 54.3 Å². The highest BCUT2D eigenvalue weighted by Crippen LogP contribution is 2.20. The lowest BCUT2D eigenvalue weighted by Gasteiger charge is -2.10. The molecule has 0 aliphatic heterocycles. The van der Waals surface area contributed by atoms with Crippen molar-refractivity contribution in [2.24, 2.45) is 12.0 Å². The average Bonchev–Trinajstić information content (AvgIpc) is 2.37. The highest BCUT2D eigenvalue weighted by Gasteiger charge is 2.02. The molecule has 2 aromatic rings. The van der Waals surface area contributed by atoms with Gasteiger partial charge in [-0.2, -0.15) is 0 Å². The van der Waals surface area contributed by atoms with E-state index >= 15 is 0 Å². The molecule has 0 bridgehead atoms. The van der Waals surface area contributed by atoms with Crippen molar-refractivity contribution in [2.45, 2.75) is 0 Å². The lowest BCUT2D eigenvalue weighted by molar-refractivity contribution is 0.483. The van der Waals surface area contributed by atoms with Crippen LogP contribution >= 0.6 is 9.24 Å². The maximum absolute atomic E-state index is 5.82. The number of nitrogens with zero attached hydrogens (tertiary/aromatic N) is 2. The Balaban J connectivity index is 2.36. The molecular weight excluding hydrogens is 257 g/mol. The fourth-order valence-electron chi connectivity index (χ4n) is 1.61. The standard InChI is InChI=1S/C14H16N3OP/c1-3-16-14-9-11(6-7-17(14)2)18-12-5-4-10(15)8-13(12)19/h3-9H,1,15,19H2,2H3/b16-14-. The van der Waals surface area contributed by atoms with Gasteiger partial charge >= 0.3 is 0 Å². The maximum Gasteiger partial charge on any atom is 0.135 e. The van der Waals surface area contributed by atoms with Gasteiger partial charge in [-0.25, -0.2) is 4.99 Å². The van der Waals surface area contributed by atoms with Crippen molar-refractivity contribution in [3.05, 3.63) is 54.8 Å². The zero-order chi connectivity index (χ0) is 13.8. The molecule has 1 unspecified atom stereocenters. The molecule has 1 heterocycles. The van der Waals surface area contributed by atoms with E-state index in [-0.39, 0.29) is 0 Å². The first-order valence-corrected chi connectivity index (χ1v) is 6.32. The van der Waals surface area contributed by atoms with Crippen LogP contribution in [0.25, 0.3) is 0 Å². The Bertz CT molecular complexity index is 677. The predicted molar refractivity (Wildman–Crippen MR) is 81.4 cm³/mol. The van der Waals surface area contributed by atoms with E-state index in [1.165, 1.54) is 6.20 Å². The van der Waals surface area contributed by atoms with Crippen LogP contribution in [0.4, 0.5) is 5.69 Å². The third-order valence-corrected chi connectivity index (χ3v) is 3.03. The second-order valence-electron chi connectivity index (χ2n) is 4.04. The first-order chi connectivity index (χ1) is 9.10. The van der Waals surface area contributed by atoms with Gasteiger partial charge in [-0.05, 0) is 24.3 Å². The number of aromatic nitrogens is 1. The lowest BCUT2D eigenvalue weighted by atomic mass is 10.3. The summed E-state index contributed by atoms with van der Waals surface area (Å²) >= 11 is 0. The van der Waals surface area contributed by atoms with Crippen LogP contribution in [0.2, 0.25) is 0 Å². The molecule has 4 nitrogen and oxygen atoms in total. The molecule has 1 atom stereocenters. The van der Waals surface area contributed by atoms with E-state index in [2.05, 4.69) is 20.8 Å². The molecule has 1 aromatic heterocycles. The van der Waals surface area contributed by atoms with E-state index in [1.807, 2.05) is 42.1 Å². The molecule has 1 aromatic carbocycles. The molecule has 2 rings (SSSR count). The number of pyridine rings is 1. The van der Waals surface area contributed by atoms with Crippen molar-refractivity contribution in [3.8, 4) is 11.5 Å². The molecule has 0 spiro atoms. The van der Waals surface area contributed by atoms with Crippen molar-refractivity contribution in [3.63, 3.8) is 0 Å². The van der Waals surface area contributed by atoms with Gasteiger partial charge < -0.3 is 15.0 Å². The van der Waals surface area contributed by atoms with Crippen molar-refractivity contribution in [1.29, 1.82) is 0 Å². The Labute approximate surface area is 114 Å². The molecule has 0 fully saturated rings. The van der Waals surface area contributed by atoms with Crippen LogP contribution in [0.5, 0.6) is 11.5 Å². The smallest absolute Gasteiger partial charge is 0.135 e. The summed E-state index contributed by atoms with van der Waals surface area (Å²) in [4.78, 5) is 4.17. The molecule has 0 saturated carbocycles. The zero-order valence-corrected chi connectivity index (χ0v) is 11.9. The van der Waals surface area contributed by atoms with Crippen LogP contribution in [-0.4, -0.2) is 4.57 Å². The summed E-state index contributed by atoms with van der Waals surface area (Å²) in [6.45, 7) is 3.60. The molecule has 5 heteroatoms. The van der Waals surface area contributed by atoms with Crippen molar-refractivity contribution >= 4 is 20.2 Å². The first-order valence-electron chi connectivity index (χ1n) is 5.74. The van der Waals surface area contributed by atoms with Crippen molar-refractivity contribution < 1.29 is 4.74 Å². The molecule has 0 saturated heterocycles. The normalized spacial score (nSPS) is 11.4. The highest BCUT2D eigenvalue weighted by atomic mass is 31.0. The number of nitrogens with two attached hydrogens (primary N) is 1.